The number of sulfonamides is 1. The third-order valence-electron chi connectivity index (χ3n) is 2.05. The van der Waals surface area contributed by atoms with E-state index in [4.69, 9.17) is 0 Å². The van der Waals surface area contributed by atoms with Gasteiger partial charge in [0.15, 0.2) is 0 Å². The van der Waals surface area contributed by atoms with Gasteiger partial charge in [0.05, 0.1) is 6.54 Å². The van der Waals surface area contributed by atoms with Crippen LogP contribution in [-0.4, -0.2) is 23.2 Å². The molecule has 0 aliphatic heterocycles. The normalized spacial score (nSPS) is 11.9. The van der Waals surface area contributed by atoms with Gasteiger partial charge < -0.3 is 4.57 Å². The van der Waals surface area contributed by atoms with Crippen LogP contribution in [0.15, 0.2) is 26.5 Å². The van der Waals surface area contributed by atoms with E-state index in [1.165, 1.54) is 6.33 Å². The molecule has 0 aromatic carbocycles. The monoisotopic (exact) mass is 336 g/mol. The molecule has 0 bridgehead atoms. The molecule has 17 heavy (non-hydrogen) atoms. The van der Waals surface area contributed by atoms with Gasteiger partial charge in [-0.3, -0.25) is 0 Å². The third kappa shape index (κ3) is 2.73. The van der Waals surface area contributed by atoms with Crippen molar-refractivity contribution in [1.82, 2.24) is 19.5 Å². The van der Waals surface area contributed by atoms with Crippen LogP contribution in [0.1, 0.15) is 5.82 Å². The minimum Gasteiger partial charge on any atom is -0.320 e. The van der Waals surface area contributed by atoms with Crippen molar-refractivity contribution in [3.05, 3.63) is 28.1 Å². The van der Waals surface area contributed by atoms with Crippen LogP contribution in [-0.2, 0) is 23.6 Å². The Balaban J connectivity index is 2.15. The second-order valence-electron chi connectivity index (χ2n) is 3.24. The number of hydrogen-bond acceptors (Lipinski definition) is 5. The van der Waals surface area contributed by atoms with Crippen molar-refractivity contribution >= 4 is 37.3 Å². The SMILES string of the molecule is Cn1cnnc1CNS(=O)(=O)c1sccc1Br. The zero-order valence-electron chi connectivity index (χ0n) is 8.79. The first-order chi connectivity index (χ1) is 8.00. The van der Waals surface area contributed by atoms with Crippen LogP contribution in [0.4, 0.5) is 0 Å². The Morgan fingerprint density at radius 2 is 2.35 bits per heavy atom. The molecule has 0 aliphatic rings. The Morgan fingerprint density at radius 1 is 1.59 bits per heavy atom. The molecule has 2 aromatic rings. The predicted molar refractivity (Wildman–Crippen MR) is 67.0 cm³/mol. The highest BCUT2D eigenvalue weighted by molar-refractivity contribution is 9.10. The fourth-order valence-electron chi connectivity index (χ4n) is 1.16. The van der Waals surface area contributed by atoms with Crippen LogP contribution in [0, 0.1) is 0 Å². The molecule has 0 unspecified atom stereocenters. The Bertz CT molecular complexity index is 619. The highest BCUT2D eigenvalue weighted by Crippen LogP contribution is 2.27. The fraction of sp³-hybridized carbons (Fsp3) is 0.250. The number of hydrogen-bond donors (Lipinski definition) is 1. The molecule has 1 N–H and O–H groups in total. The number of aryl methyl sites for hydroxylation is 1. The fourth-order valence-corrected chi connectivity index (χ4v) is 4.52. The second kappa shape index (κ2) is 4.84. The molecule has 0 amide bonds. The summed E-state index contributed by atoms with van der Waals surface area (Å²) >= 11 is 4.35. The van der Waals surface area contributed by atoms with Crippen LogP contribution in [0.5, 0.6) is 0 Å². The molecule has 0 fully saturated rings. The van der Waals surface area contributed by atoms with Gasteiger partial charge in [0.25, 0.3) is 10.0 Å². The first-order valence-electron chi connectivity index (χ1n) is 4.56. The maximum absolute atomic E-state index is 11.9. The average Bonchev–Trinajstić information content (AvgIpc) is 2.85. The van der Waals surface area contributed by atoms with Crippen molar-refractivity contribution in [2.75, 3.05) is 0 Å². The standard InChI is InChI=1S/C8H9BrN4O2S2/c1-13-5-10-12-7(13)4-11-17(14,15)8-6(9)2-3-16-8/h2-3,5,11H,4H2,1H3. The van der Waals surface area contributed by atoms with E-state index < -0.39 is 10.0 Å². The van der Waals surface area contributed by atoms with E-state index in [2.05, 4.69) is 30.8 Å². The number of rotatable bonds is 4. The van der Waals surface area contributed by atoms with Crippen LogP contribution < -0.4 is 4.72 Å². The minimum atomic E-state index is -3.50. The smallest absolute Gasteiger partial charge is 0.251 e. The third-order valence-corrected chi connectivity index (χ3v) is 6.13. The van der Waals surface area contributed by atoms with Crippen LogP contribution in [0.2, 0.25) is 0 Å². The average molecular weight is 337 g/mol. The molecule has 2 rings (SSSR count). The van der Waals surface area contributed by atoms with Crippen molar-refractivity contribution in [2.45, 2.75) is 10.8 Å². The maximum atomic E-state index is 11.9. The van der Waals surface area contributed by atoms with Crippen molar-refractivity contribution in [3.8, 4) is 0 Å². The largest absolute Gasteiger partial charge is 0.320 e. The second-order valence-corrected chi connectivity index (χ2v) is 6.97. The van der Waals surface area contributed by atoms with Crippen molar-refractivity contribution in [3.63, 3.8) is 0 Å². The van der Waals surface area contributed by atoms with Gasteiger partial charge in [-0.1, -0.05) is 0 Å². The molecule has 92 valence electrons. The van der Waals surface area contributed by atoms with Crippen LogP contribution >= 0.6 is 27.3 Å². The van der Waals surface area contributed by atoms with Gasteiger partial charge in [-0.25, -0.2) is 13.1 Å². The molecule has 2 heterocycles. The lowest BCUT2D eigenvalue weighted by atomic mass is 10.6. The highest BCUT2D eigenvalue weighted by atomic mass is 79.9. The summed E-state index contributed by atoms with van der Waals surface area (Å²) in [6.07, 6.45) is 1.52. The Morgan fingerprint density at radius 3 is 2.88 bits per heavy atom. The van der Waals surface area contributed by atoms with E-state index in [0.29, 0.717) is 10.3 Å². The number of nitrogens with zero attached hydrogens (tertiary/aromatic N) is 3. The Kier molecular flexibility index (Phi) is 3.61. The number of nitrogens with one attached hydrogen (secondary N) is 1. The first-order valence-corrected chi connectivity index (χ1v) is 7.72. The zero-order chi connectivity index (χ0) is 12.5. The summed E-state index contributed by atoms with van der Waals surface area (Å²) in [6.45, 7) is 0.114. The van der Waals surface area contributed by atoms with Gasteiger partial charge in [-0.2, -0.15) is 0 Å². The molecular formula is C8H9BrN4O2S2. The van der Waals surface area contributed by atoms with Crippen LogP contribution in [0.25, 0.3) is 0 Å². The summed E-state index contributed by atoms with van der Waals surface area (Å²) in [5.41, 5.74) is 0. The molecule has 9 heteroatoms. The topological polar surface area (TPSA) is 76.9 Å². The molecule has 0 aliphatic carbocycles. The van der Waals surface area contributed by atoms with E-state index in [-0.39, 0.29) is 10.8 Å². The molecule has 0 saturated heterocycles. The summed E-state index contributed by atoms with van der Waals surface area (Å²) in [5, 5.41) is 9.18. The van der Waals surface area contributed by atoms with Gasteiger partial charge in [0, 0.05) is 11.5 Å². The van der Waals surface area contributed by atoms with Crippen molar-refractivity contribution in [1.29, 1.82) is 0 Å². The summed E-state index contributed by atoms with van der Waals surface area (Å²) in [6, 6.07) is 1.70. The van der Waals surface area contributed by atoms with Crippen molar-refractivity contribution in [2.24, 2.45) is 7.05 Å². The molecule has 0 atom stereocenters. The quantitative estimate of drug-likeness (QED) is 0.907. The van der Waals surface area contributed by atoms with Gasteiger partial charge >= 0.3 is 0 Å². The van der Waals surface area contributed by atoms with Gasteiger partial charge in [0.2, 0.25) is 0 Å². The van der Waals surface area contributed by atoms with Crippen molar-refractivity contribution < 1.29 is 8.42 Å². The van der Waals surface area contributed by atoms with E-state index in [1.54, 1.807) is 23.1 Å². The lowest BCUT2D eigenvalue weighted by Crippen LogP contribution is -2.24. The lowest BCUT2D eigenvalue weighted by Gasteiger charge is -2.04. The number of halogens is 1. The Hall–Kier alpha value is -0.770. The van der Waals surface area contributed by atoms with Crippen LogP contribution in [0.3, 0.4) is 0 Å². The number of thiophene rings is 1. The summed E-state index contributed by atoms with van der Waals surface area (Å²) in [5.74, 6) is 0.557. The molecule has 0 saturated carbocycles. The van der Waals surface area contributed by atoms with Gasteiger partial charge in [0.1, 0.15) is 16.4 Å². The summed E-state index contributed by atoms with van der Waals surface area (Å²) in [4.78, 5) is 0. The lowest BCUT2D eigenvalue weighted by molar-refractivity contribution is 0.579. The van der Waals surface area contributed by atoms with E-state index >= 15 is 0 Å². The van der Waals surface area contributed by atoms with E-state index in [0.717, 1.165) is 11.3 Å². The summed E-state index contributed by atoms with van der Waals surface area (Å²) < 4.78 is 28.8. The van der Waals surface area contributed by atoms with Gasteiger partial charge in [-0.05, 0) is 27.4 Å². The molecule has 2 aromatic heterocycles. The summed E-state index contributed by atoms with van der Waals surface area (Å²) in [7, 11) is -1.75. The Labute approximate surface area is 111 Å². The molecular weight excluding hydrogens is 328 g/mol. The number of aromatic nitrogens is 3. The molecule has 0 spiro atoms. The predicted octanol–water partition coefficient (Wildman–Crippen LogP) is 1.12. The van der Waals surface area contributed by atoms with Gasteiger partial charge in [-0.15, -0.1) is 21.5 Å². The zero-order valence-corrected chi connectivity index (χ0v) is 12.0. The maximum Gasteiger partial charge on any atom is 0.251 e. The van der Waals surface area contributed by atoms with E-state index in [9.17, 15) is 8.42 Å². The minimum absolute atomic E-state index is 0.114. The first kappa shape index (κ1) is 12.7. The molecule has 6 nitrogen and oxygen atoms in total. The van der Waals surface area contributed by atoms with E-state index in [1.807, 2.05) is 0 Å². The molecule has 0 radical (unpaired) electrons. The highest BCUT2D eigenvalue weighted by Gasteiger charge is 2.19.